The van der Waals surface area contributed by atoms with E-state index in [1.807, 2.05) is 0 Å². The maximum atomic E-state index is 12.3. The number of aromatic amines is 1. The Morgan fingerprint density at radius 2 is 2.10 bits per heavy atom. The number of carbonyl (C=O) groups excluding carboxylic acids is 1. The predicted octanol–water partition coefficient (Wildman–Crippen LogP) is 0.287. The van der Waals surface area contributed by atoms with Crippen LogP contribution >= 0.6 is 0 Å². The zero-order valence-electron chi connectivity index (χ0n) is 11.1. The van der Waals surface area contributed by atoms with Crippen molar-refractivity contribution in [2.45, 2.75) is 18.2 Å². The maximum Gasteiger partial charge on any atom is 0.352 e. The molecule has 0 spiro atoms. The van der Waals surface area contributed by atoms with Gasteiger partial charge in [-0.2, -0.15) is 4.31 Å². The zero-order chi connectivity index (χ0) is 15.3. The fourth-order valence-corrected chi connectivity index (χ4v) is 3.01. The summed E-state index contributed by atoms with van der Waals surface area (Å²) in [6.45, 7) is 1.48. The van der Waals surface area contributed by atoms with Crippen LogP contribution in [-0.4, -0.2) is 55.0 Å². The number of carboxylic acid groups (broad SMARTS) is 1. The average molecular weight is 304 g/mol. The summed E-state index contributed by atoms with van der Waals surface area (Å²) >= 11 is 0. The summed E-state index contributed by atoms with van der Waals surface area (Å²) in [5.74, 6) is -1.95. The third-order valence-corrected chi connectivity index (χ3v) is 4.35. The molecule has 0 saturated carbocycles. The van der Waals surface area contributed by atoms with E-state index in [2.05, 4.69) is 9.72 Å². The van der Waals surface area contributed by atoms with Gasteiger partial charge in [0.1, 0.15) is 17.1 Å². The van der Waals surface area contributed by atoms with Crippen LogP contribution in [0.15, 0.2) is 17.2 Å². The van der Waals surface area contributed by atoms with Crippen LogP contribution in [0.4, 0.5) is 0 Å². The highest BCUT2D eigenvalue weighted by Crippen LogP contribution is 2.17. The van der Waals surface area contributed by atoms with Crippen LogP contribution in [0.3, 0.4) is 0 Å². The van der Waals surface area contributed by atoms with E-state index < -0.39 is 28.5 Å². The van der Waals surface area contributed by atoms with Gasteiger partial charge < -0.3 is 14.8 Å². The Morgan fingerprint density at radius 3 is 2.55 bits per heavy atom. The van der Waals surface area contributed by atoms with Crippen molar-refractivity contribution in [2.75, 3.05) is 20.2 Å². The number of methoxy groups -OCH3 is 1. The van der Waals surface area contributed by atoms with E-state index in [-0.39, 0.29) is 17.1 Å². The molecule has 0 atom stereocenters. The summed E-state index contributed by atoms with van der Waals surface area (Å²) in [6.07, 6.45) is 1.59. The Kier molecular flexibility index (Phi) is 5.28. The molecular weight excluding hydrogens is 288 g/mol. The lowest BCUT2D eigenvalue weighted by Gasteiger charge is -2.19. The molecule has 0 aliphatic rings. The number of H-pyrrole nitrogens is 1. The number of nitrogens with zero attached hydrogens (tertiary/aromatic N) is 1. The second-order valence-corrected chi connectivity index (χ2v) is 5.91. The number of hydrogen-bond donors (Lipinski definition) is 2. The molecule has 20 heavy (non-hydrogen) atoms. The molecular formula is C11H16N2O6S. The Morgan fingerprint density at radius 1 is 1.45 bits per heavy atom. The van der Waals surface area contributed by atoms with E-state index >= 15 is 0 Å². The van der Waals surface area contributed by atoms with Gasteiger partial charge in [0.2, 0.25) is 10.0 Å². The van der Waals surface area contributed by atoms with Crippen molar-refractivity contribution in [3.8, 4) is 0 Å². The molecule has 0 radical (unpaired) electrons. The van der Waals surface area contributed by atoms with Gasteiger partial charge in [0, 0.05) is 12.7 Å². The largest absolute Gasteiger partial charge is 0.477 e. The summed E-state index contributed by atoms with van der Waals surface area (Å²) in [7, 11) is -2.78. The second-order valence-electron chi connectivity index (χ2n) is 3.97. The van der Waals surface area contributed by atoms with E-state index in [4.69, 9.17) is 5.11 Å². The van der Waals surface area contributed by atoms with Gasteiger partial charge in [-0.25, -0.2) is 13.2 Å². The van der Waals surface area contributed by atoms with Gasteiger partial charge in [0.05, 0.1) is 7.11 Å². The summed E-state index contributed by atoms with van der Waals surface area (Å²) in [5.41, 5.74) is -0.238. The maximum absolute atomic E-state index is 12.3. The number of carboxylic acids is 1. The van der Waals surface area contributed by atoms with Crippen LogP contribution in [0.25, 0.3) is 0 Å². The minimum absolute atomic E-state index is 0.130. The summed E-state index contributed by atoms with van der Waals surface area (Å²) in [4.78, 5) is 24.2. The molecule has 0 aromatic carbocycles. The molecule has 0 saturated heterocycles. The average Bonchev–Trinajstić information content (AvgIpc) is 2.88. The highest BCUT2D eigenvalue weighted by atomic mass is 32.2. The smallest absolute Gasteiger partial charge is 0.352 e. The first-order chi connectivity index (χ1) is 9.32. The minimum Gasteiger partial charge on any atom is -0.477 e. The Labute approximate surface area is 116 Å². The van der Waals surface area contributed by atoms with Crippen LogP contribution in [0.1, 0.15) is 23.8 Å². The van der Waals surface area contributed by atoms with E-state index in [0.29, 0.717) is 6.42 Å². The number of sulfonamides is 1. The van der Waals surface area contributed by atoms with Crippen LogP contribution in [0.2, 0.25) is 0 Å². The van der Waals surface area contributed by atoms with Gasteiger partial charge in [-0.3, -0.25) is 4.79 Å². The van der Waals surface area contributed by atoms with Crippen LogP contribution < -0.4 is 0 Å². The fourth-order valence-electron chi connectivity index (χ4n) is 1.54. The number of ether oxygens (including phenoxy) is 1. The summed E-state index contributed by atoms with van der Waals surface area (Å²) in [6, 6.07) is 1.01. The Hall–Kier alpha value is -1.87. The SMILES string of the molecule is CCCN(CC(=O)OC)S(=O)(=O)c1c[nH]c(C(=O)O)c1. The molecule has 0 bridgehead atoms. The van der Waals surface area contributed by atoms with Crippen LogP contribution in [0.5, 0.6) is 0 Å². The van der Waals surface area contributed by atoms with Crippen molar-refractivity contribution < 1.29 is 27.9 Å². The van der Waals surface area contributed by atoms with Crippen molar-refractivity contribution in [3.05, 3.63) is 18.0 Å². The molecule has 1 heterocycles. The van der Waals surface area contributed by atoms with Crippen LogP contribution in [-0.2, 0) is 19.6 Å². The molecule has 1 aromatic rings. The lowest BCUT2D eigenvalue weighted by molar-refractivity contribution is -0.140. The minimum atomic E-state index is -3.94. The number of rotatable bonds is 7. The molecule has 112 valence electrons. The van der Waals surface area contributed by atoms with Crippen molar-refractivity contribution in [2.24, 2.45) is 0 Å². The van der Waals surface area contributed by atoms with Gasteiger partial charge in [-0.15, -0.1) is 0 Å². The topological polar surface area (TPSA) is 117 Å². The second kappa shape index (κ2) is 6.53. The van der Waals surface area contributed by atoms with Gasteiger partial charge in [-0.1, -0.05) is 6.92 Å². The van der Waals surface area contributed by atoms with E-state index in [0.717, 1.165) is 23.7 Å². The molecule has 0 unspecified atom stereocenters. The highest BCUT2D eigenvalue weighted by molar-refractivity contribution is 7.89. The number of nitrogens with one attached hydrogen (secondary N) is 1. The third-order valence-electron chi connectivity index (χ3n) is 2.53. The molecule has 1 rings (SSSR count). The lowest BCUT2D eigenvalue weighted by Crippen LogP contribution is -2.36. The first-order valence-corrected chi connectivity index (χ1v) is 7.25. The zero-order valence-corrected chi connectivity index (χ0v) is 11.9. The molecule has 0 aliphatic carbocycles. The number of hydrogen-bond acceptors (Lipinski definition) is 5. The van der Waals surface area contributed by atoms with E-state index in [1.54, 1.807) is 6.92 Å². The van der Waals surface area contributed by atoms with Gasteiger partial charge in [0.25, 0.3) is 0 Å². The Balaban J connectivity index is 3.08. The predicted molar refractivity (Wildman–Crippen MR) is 68.8 cm³/mol. The number of aromatic carboxylic acids is 1. The first-order valence-electron chi connectivity index (χ1n) is 5.81. The van der Waals surface area contributed by atoms with Crippen molar-refractivity contribution in [1.29, 1.82) is 0 Å². The number of carbonyl (C=O) groups is 2. The van der Waals surface area contributed by atoms with E-state index in [1.165, 1.54) is 0 Å². The third kappa shape index (κ3) is 3.58. The Bertz CT molecular complexity index is 592. The summed E-state index contributed by atoms with van der Waals surface area (Å²) < 4.78 is 30.0. The van der Waals surface area contributed by atoms with Crippen molar-refractivity contribution in [1.82, 2.24) is 9.29 Å². The van der Waals surface area contributed by atoms with Crippen molar-refractivity contribution in [3.63, 3.8) is 0 Å². The number of esters is 1. The monoisotopic (exact) mass is 304 g/mol. The van der Waals surface area contributed by atoms with Crippen LogP contribution in [0, 0.1) is 0 Å². The summed E-state index contributed by atoms with van der Waals surface area (Å²) in [5, 5.41) is 8.78. The van der Waals surface area contributed by atoms with Gasteiger partial charge in [-0.05, 0) is 12.5 Å². The molecule has 2 N–H and O–H groups in total. The lowest BCUT2D eigenvalue weighted by atomic mass is 10.4. The highest BCUT2D eigenvalue weighted by Gasteiger charge is 2.27. The molecule has 0 aliphatic heterocycles. The van der Waals surface area contributed by atoms with Gasteiger partial charge in [0.15, 0.2) is 0 Å². The molecule has 0 amide bonds. The fraction of sp³-hybridized carbons (Fsp3) is 0.455. The van der Waals surface area contributed by atoms with Crippen molar-refractivity contribution >= 4 is 22.0 Å². The molecule has 9 heteroatoms. The standard InChI is InChI=1S/C11H16N2O6S/c1-3-4-13(7-10(14)19-2)20(17,18)8-5-9(11(15)16)12-6-8/h5-6,12H,3-4,7H2,1-2H3,(H,15,16). The van der Waals surface area contributed by atoms with Gasteiger partial charge >= 0.3 is 11.9 Å². The first kappa shape index (κ1) is 16.2. The quantitative estimate of drug-likeness (QED) is 0.699. The molecule has 8 nitrogen and oxygen atoms in total. The van der Waals surface area contributed by atoms with E-state index in [9.17, 15) is 18.0 Å². The molecule has 1 aromatic heterocycles. The normalized spacial score (nSPS) is 11.6. The number of aromatic nitrogens is 1. The molecule has 0 fully saturated rings.